The minimum Gasteiger partial charge on any atom is -0.357 e. The summed E-state index contributed by atoms with van der Waals surface area (Å²) in [6.45, 7) is 5.94. The molecular formula is C18H28IN5S2. The van der Waals surface area contributed by atoms with Crippen LogP contribution in [0.4, 0.5) is 0 Å². The standard InChI is InChI=1S/C18H27N5S2.HI/c1-2-19-16(20-12-15-13-22-8-10-24-17(22)21-15)23-9-11-25-18(14-23)6-4-3-5-7-18;/h8,10,13H,2-7,9,11-12,14H2,1H3,(H,19,20);1H. The maximum absolute atomic E-state index is 4.91. The summed E-state index contributed by atoms with van der Waals surface area (Å²) in [5.74, 6) is 2.27. The number of halogens is 1. The van der Waals surface area contributed by atoms with E-state index < -0.39 is 0 Å². The second-order valence-electron chi connectivity index (χ2n) is 7.01. The molecule has 4 rings (SSSR count). The number of guanidine groups is 1. The summed E-state index contributed by atoms with van der Waals surface area (Å²) in [6.07, 6.45) is 11.1. The Morgan fingerprint density at radius 1 is 1.35 bits per heavy atom. The molecule has 2 aliphatic rings. The third kappa shape index (κ3) is 4.49. The van der Waals surface area contributed by atoms with E-state index in [1.54, 1.807) is 11.3 Å². The van der Waals surface area contributed by atoms with Crippen molar-refractivity contribution in [3.05, 3.63) is 23.5 Å². The van der Waals surface area contributed by atoms with Crippen molar-refractivity contribution in [2.45, 2.75) is 50.3 Å². The van der Waals surface area contributed by atoms with Gasteiger partial charge in [-0.15, -0.1) is 35.3 Å². The lowest BCUT2D eigenvalue weighted by Gasteiger charge is -2.45. The molecule has 2 aromatic heterocycles. The number of thioether (sulfide) groups is 1. The molecule has 1 N–H and O–H groups in total. The first-order valence-electron chi connectivity index (χ1n) is 9.36. The van der Waals surface area contributed by atoms with Gasteiger partial charge in [-0.3, -0.25) is 4.40 Å². The van der Waals surface area contributed by atoms with Crippen LogP contribution in [0.5, 0.6) is 0 Å². The molecule has 26 heavy (non-hydrogen) atoms. The average Bonchev–Trinajstić information content (AvgIpc) is 3.21. The van der Waals surface area contributed by atoms with Crippen molar-refractivity contribution in [3.63, 3.8) is 0 Å². The van der Waals surface area contributed by atoms with Gasteiger partial charge in [0.25, 0.3) is 0 Å². The van der Waals surface area contributed by atoms with Crippen LogP contribution in [-0.4, -0.2) is 50.4 Å². The van der Waals surface area contributed by atoms with Crippen molar-refractivity contribution in [3.8, 4) is 0 Å². The predicted molar refractivity (Wildman–Crippen MR) is 123 cm³/mol. The second kappa shape index (κ2) is 9.14. The van der Waals surface area contributed by atoms with Crippen molar-refractivity contribution >= 4 is 58.0 Å². The van der Waals surface area contributed by atoms with E-state index in [1.165, 1.54) is 37.9 Å². The molecule has 8 heteroatoms. The average molecular weight is 505 g/mol. The quantitative estimate of drug-likeness (QED) is 0.385. The molecule has 0 atom stereocenters. The van der Waals surface area contributed by atoms with Gasteiger partial charge in [-0.05, 0) is 19.8 Å². The predicted octanol–water partition coefficient (Wildman–Crippen LogP) is 4.23. The number of rotatable bonds is 3. The summed E-state index contributed by atoms with van der Waals surface area (Å²) >= 11 is 3.88. The number of aliphatic imine (C=N–C) groups is 1. The number of hydrogen-bond acceptors (Lipinski definition) is 4. The van der Waals surface area contributed by atoms with Crippen molar-refractivity contribution in [1.29, 1.82) is 0 Å². The first kappa shape index (κ1) is 20.3. The summed E-state index contributed by atoms with van der Waals surface area (Å²) in [5.41, 5.74) is 1.04. The number of nitrogens with one attached hydrogen (secondary N) is 1. The van der Waals surface area contributed by atoms with Crippen LogP contribution >= 0.6 is 47.1 Å². The maximum atomic E-state index is 4.91. The van der Waals surface area contributed by atoms with Crippen molar-refractivity contribution in [1.82, 2.24) is 19.6 Å². The van der Waals surface area contributed by atoms with Crippen LogP contribution in [0.25, 0.3) is 4.96 Å². The molecule has 1 spiro atoms. The topological polar surface area (TPSA) is 44.9 Å². The van der Waals surface area contributed by atoms with Crippen LogP contribution in [0.15, 0.2) is 22.8 Å². The van der Waals surface area contributed by atoms with Crippen LogP contribution in [0, 0.1) is 0 Å². The molecule has 0 bridgehead atoms. The summed E-state index contributed by atoms with van der Waals surface area (Å²) in [5, 5.41) is 5.57. The summed E-state index contributed by atoms with van der Waals surface area (Å²) in [7, 11) is 0. The zero-order valence-corrected chi connectivity index (χ0v) is 19.3. The highest BCUT2D eigenvalue weighted by Gasteiger charge is 2.38. The van der Waals surface area contributed by atoms with Crippen molar-refractivity contribution in [2.75, 3.05) is 25.4 Å². The molecule has 1 aliphatic carbocycles. The Morgan fingerprint density at radius 3 is 2.96 bits per heavy atom. The monoisotopic (exact) mass is 505 g/mol. The SMILES string of the molecule is CCNC(=NCc1cn2ccsc2n1)N1CCSC2(CCCCC2)C1.I. The number of nitrogens with zero attached hydrogens (tertiary/aromatic N) is 4. The maximum Gasteiger partial charge on any atom is 0.194 e. The minimum atomic E-state index is 0. The lowest BCUT2D eigenvalue weighted by Crippen LogP contribution is -2.53. The van der Waals surface area contributed by atoms with Gasteiger partial charge in [0.05, 0.1) is 12.2 Å². The van der Waals surface area contributed by atoms with E-state index in [0.717, 1.165) is 36.2 Å². The molecule has 144 valence electrons. The van der Waals surface area contributed by atoms with Gasteiger partial charge in [0, 0.05) is 47.9 Å². The Balaban J connectivity index is 0.00000196. The largest absolute Gasteiger partial charge is 0.357 e. The van der Waals surface area contributed by atoms with E-state index >= 15 is 0 Å². The third-order valence-corrected chi connectivity index (χ3v) is 7.49. The smallest absolute Gasteiger partial charge is 0.194 e. The molecule has 5 nitrogen and oxygen atoms in total. The van der Waals surface area contributed by atoms with Crippen LogP contribution in [0.1, 0.15) is 44.7 Å². The first-order valence-corrected chi connectivity index (χ1v) is 11.2. The highest BCUT2D eigenvalue weighted by molar-refractivity contribution is 14.0. The zero-order valence-electron chi connectivity index (χ0n) is 15.3. The molecule has 1 saturated heterocycles. The Hall–Kier alpha value is -0.480. The van der Waals surface area contributed by atoms with Crippen molar-refractivity contribution < 1.29 is 0 Å². The summed E-state index contributed by atoms with van der Waals surface area (Å²) < 4.78 is 2.54. The Labute approximate surface area is 181 Å². The van der Waals surface area contributed by atoms with E-state index in [9.17, 15) is 0 Å². The van der Waals surface area contributed by atoms with Gasteiger partial charge in [0.15, 0.2) is 10.9 Å². The summed E-state index contributed by atoms with van der Waals surface area (Å²) in [6, 6.07) is 0. The number of fused-ring (bicyclic) bond motifs is 1. The zero-order chi connectivity index (χ0) is 17.1. The lowest BCUT2D eigenvalue weighted by atomic mass is 9.87. The number of aromatic nitrogens is 2. The van der Waals surface area contributed by atoms with Gasteiger partial charge < -0.3 is 10.2 Å². The summed E-state index contributed by atoms with van der Waals surface area (Å²) in [4.78, 5) is 13.1. The molecule has 0 radical (unpaired) electrons. The fourth-order valence-corrected chi connectivity index (χ4v) is 6.25. The fraction of sp³-hybridized carbons (Fsp3) is 0.667. The molecule has 0 unspecified atom stereocenters. The number of hydrogen-bond donors (Lipinski definition) is 1. The molecule has 0 aromatic carbocycles. The third-order valence-electron chi connectivity index (χ3n) is 5.18. The van der Waals surface area contributed by atoms with Gasteiger partial charge in [-0.2, -0.15) is 11.8 Å². The van der Waals surface area contributed by atoms with Crippen LogP contribution in [0.3, 0.4) is 0 Å². The number of imidazole rings is 1. The van der Waals surface area contributed by atoms with Crippen LogP contribution < -0.4 is 5.32 Å². The molecule has 1 saturated carbocycles. The van der Waals surface area contributed by atoms with E-state index in [1.807, 2.05) is 0 Å². The molecule has 3 heterocycles. The number of thiazole rings is 1. The molecular weight excluding hydrogens is 477 g/mol. The van der Waals surface area contributed by atoms with E-state index in [0.29, 0.717) is 11.3 Å². The van der Waals surface area contributed by atoms with E-state index in [4.69, 9.17) is 4.99 Å². The molecule has 1 aliphatic heterocycles. The van der Waals surface area contributed by atoms with Gasteiger partial charge in [0.2, 0.25) is 0 Å². The molecule has 2 aromatic rings. The van der Waals surface area contributed by atoms with Gasteiger partial charge >= 0.3 is 0 Å². The molecule has 0 amide bonds. The second-order valence-corrected chi connectivity index (χ2v) is 9.44. The fourth-order valence-electron chi connectivity index (χ4n) is 3.96. The Bertz CT molecular complexity index is 701. The first-order chi connectivity index (χ1) is 12.3. The normalized spacial score (nSPS) is 20.3. The Kier molecular flexibility index (Phi) is 7.12. The molecule has 2 fully saturated rings. The highest BCUT2D eigenvalue weighted by atomic mass is 127. The lowest BCUT2D eigenvalue weighted by molar-refractivity contribution is 0.293. The van der Waals surface area contributed by atoms with Crippen LogP contribution in [0.2, 0.25) is 0 Å². The Morgan fingerprint density at radius 2 is 2.19 bits per heavy atom. The van der Waals surface area contributed by atoms with E-state index in [2.05, 4.69) is 56.1 Å². The van der Waals surface area contributed by atoms with Crippen LogP contribution in [-0.2, 0) is 6.54 Å². The van der Waals surface area contributed by atoms with Gasteiger partial charge in [-0.25, -0.2) is 9.98 Å². The van der Waals surface area contributed by atoms with Crippen molar-refractivity contribution in [2.24, 2.45) is 4.99 Å². The van der Waals surface area contributed by atoms with E-state index in [-0.39, 0.29) is 24.0 Å². The van der Waals surface area contributed by atoms with Gasteiger partial charge in [-0.1, -0.05) is 19.3 Å². The van der Waals surface area contributed by atoms with Gasteiger partial charge in [0.1, 0.15) is 0 Å². The minimum absolute atomic E-state index is 0. The highest BCUT2D eigenvalue weighted by Crippen LogP contribution is 2.42.